The van der Waals surface area contributed by atoms with E-state index in [1.165, 1.54) is 12.1 Å². The van der Waals surface area contributed by atoms with E-state index in [1.54, 1.807) is 18.2 Å². The lowest BCUT2D eigenvalue weighted by molar-refractivity contribution is -0.120. The van der Waals surface area contributed by atoms with Crippen molar-refractivity contribution in [3.8, 4) is 5.75 Å². The summed E-state index contributed by atoms with van der Waals surface area (Å²) in [6.07, 6.45) is 0.202. The Balaban J connectivity index is 1.97. The Hall–Kier alpha value is -1.39. The summed E-state index contributed by atoms with van der Waals surface area (Å²) in [5.74, 6) is 0.0898. The van der Waals surface area contributed by atoms with E-state index in [9.17, 15) is 9.18 Å². The third-order valence-corrected chi connectivity index (χ3v) is 3.62. The van der Waals surface area contributed by atoms with Gasteiger partial charge in [-0.2, -0.15) is 0 Å². The van der Waals surface area contributed by atoms with Gasteiger partial charge in [0, 0.05) is 10.9 Å². The molecular weight excluding hydrogens is 359 g/mol. The fourth-order valence-electron chi connectivity index (χ4n) is 1.91. The van der Waals surface area contributed by atoms with Crippen LogP contribution in [0.5, 0.6) is 5.75 Å². The number of carbonyl (C=O) groups excluding carboxylic acids is 1. The highest BCUT2D eigenvalue weighted by molar-refractivity contribution is 9.10. The summed E-state index contributed by atoms with van der Waals surface area (Å²) < 4.78 is 19.1. The van der Waals surface area contributed by atoms with Crippen molar-refractivity contribution in [2.24, 2.45) is 0 Å². The van der Waals surface area contributed by atoms with Gasteiger partial charge in [0.25, 0.3) is 0 Å². The van der Waals surface area contributed by atoms with Crippen molar-refractivity contribution in [3.63, 3.8) is 0 Å². The molecule has 110 valence electrons. The third-order valence-electron chi connectivity index (χ3n) is 2.89. The van der Waals surface area contributed by atoms with E-state index >= 15 is 0 Å². The number of aryl methyl sites for hydroxylation is 1. The van der Waals surface area contributed by atoms with E-state index < -0.39 is 0 Å². The van der Waals surface area contributed by atoms with E-state index in [4.69, 9.17) is 16.3 Å². The molecule has 0 unspecified atom stereocenters. The van der Waals surface area contributed by atoms with Gasteiger partial charge in [-0.05, 0) is 42.3 Å². The van der Waals surface area contributed by atoms with Crippen molar-refractivity contribution < 1.29 is 13.9 Å². The van der Waals surface area contributed by atoms with Crippen molar-refractivity contribution >= 4 is 33.3 Å². The molecule has 0 aliphatic carbocycles. The number of halogens is 3. The highest BCUT2D eigenvalue weighted by Crippen LogP contribution is 2.31. The van der Waals surface area contributed by atoms with Crippen molar-refractivity contribution in [1.29, 1.82) is 0 Å². The van der Waals surface area contributed by atoms with E-state index in [0.717, 1.165) is 15.6 Å². The fourth-order valence-corrected chi connectivity index (χ4v) is 2.93. The molecule has 0 saturated carbocycles. The van der Waals surface area contributed by atoms with Gasteiger partial charge in [0.05, 0.1) is 5.02 Å². The predicted molar refractivity (Wildman–Crippen MR) is 84.5 cm³/mol. The van der Waals surface area contributed by atoms with Crippen LogP contribution in [0.1, 0.15) is 11.1 Å². The summed E-state index contributed by atoms with van der Waals surface area (Å²) in [6, 6.07) is 9.43. The molecule has 0 N–H and O–H groups in total. The van der Waals surface area contributed by atoms with Crippen LogP contribution in [0, 0.1) is 12.7 Å². The molecule has 0 radical (unpaired) electrons. The number of ketones is 1. The van der Waals surface area contributed by atoms with Crippen molar-refractivity contribution in [2.75, 3.05) is 6.61 Å². The highest BCUT2D eigenvalue weighted by Gasteiger charge is 2.10. The summed E-state index contributed by atoms with van der Waals surface area (Å²) >= 11 is 9.43. The van der Waals surface area contributed by atoms with Gasteiger partial charge in [0.1, 0.15) is 18.2 Å². The first-order valence-electron chi connectivity index (χ1n) is 6.30. The first kappa shape index (κ1) is 16.0. The average molecular weight is 372 g/mol. The summed E-state index contributed by atoms with van der Waals surface area (Å²) in [7, 11) is 0. The zero-order chi connectivity index (χ0) is 15.4. The summed E-state index contributed by atoms with van der Waals surface area (Å²) in [5, 5.41) is 0.455. The van der Waals surface area contributed by atoms with Crippen LogP contribution in [0.4, 0.5) is 4.39 Å². The Morgan fingerprint density at radius 3 is 2.57 bits per heavy atom. The van der Waals surface area contributed by atoms with Gasteiger partial charge in [0.2, 0.25) is 0 Å². The lowest BCUT2D eigenvalue weighted by atomic mass is 10.1. The molecule has 0 aliphatic rings. The molecule has 0 heterocycles. The number of carbonyl (C=O) groups is 1. The van der Waals surface area contributed by atoms with Crippen LogP contribution in [-0.2, 0) is 11.2 Å². The third kappa shape index (κ3) is 4.55. The quantitative estimate of drug-likeness (QED) is 0.759. The normalized spacial score (nSPS) is 10.5. The first-order valence-corrected chi connectivity index (χ1v) is 7.47. The van der Waals surface area contributed by atoms with E-state index in [2.05, 4.69) is 15.9 Å². The van der Waals surface area contributed by atoms with Crippen LogP contribution in [0.15, 0.2) is 40.9 Å². The van der Waals surface area contributed by atoms with Crippen molar-refractivity contribution in [3.05, 3.63) is 62.8 Å². The molecule has 2 aromatic carbocycles. The van der Waals surface area contributed by atoms with Crippen LogP contribution in [0.25, 0.3) is 0 Å². The molecule has 0 saturated heterocycles. The van der Waals surface area contributed by atoms with Crippen molar-refractivity contribution in [1.82, 2.24) is 0 Å². The molecule has 0 amide bonds. The van der Waals surface area contributed by atoms with E-state index in [1.807, 2.05) is 13.0 Å². The maximum Gasteiger partial charge on any atom is 0.174 e. The molecule has 2 aromatic rings. The van der Waals surface area contributed by atoms with Gasteiger partial charge in [-0.3, -0.25) is 4.79 Å². The molecule has 0 bridgehead atoms. The van der Waals surface area contributed by atoms with Crippen LogP contribution in [0.3, 0.4) is 0 Å². The maximum absolute atomic E-state index is 12.8. The molecule has 0 aromatic heterocycles. The first-order chi connectivity index (χ1) is 9.95. The smallest absolute Gasteiger partial charge is 0.174 e. The summed E-state index contributed by atoms with van der Waals surface area (Å²) in [6.45, 7) is 1.79. The van der Waals surface area contributed by atoms with E-state index in [-0.39, 0.29) is 24.6 Å². The molecule has 5 heteroatoms. The second-order valence-corrected chi connectivity index (χ2v) is 5.99. The van der Waals surface area contributed by atoms with Gasteiger partial charge >= 0.3 is 0 Å². The minimum atomic E-state index is -0.320. The van der Waals surface area contributed by atoms with Gasteiger partial charge in [-0.25, -0.2) is 4.39 Å². The number of hydrogen-bond donors (Lipinski definition) is 0. The molecule has 0 spiro atoms. The number of rotatable bonds is 5. The minimum absolute atomic E-state index is 0.0699. The second-order valence-electron chi connectivity index (χ2n) is 4.66. The zero-order valence-electron chi connectivity index (χ0n) is 11.3. The van der Waals surface area contributed by atoms with Gasteiger partial charge < -0.3 is 4.74 Å². The lowest BCUT2D eigenvalue weighted by Gasteiger charge is -2.11. The molecule has 2 rings (SSSR count). The Kier molecular flexibility index (Phi) is 5.37. The van der Waals surface area contributed by atoms with Crippen LogP contribution < -0.4 is 4.74 Å². The topological polar surface area (TPSA) is 26.3 Å². The maximum atomic E-state index is 12.8. The van der Waals surface area contributed by atoms with Crippen LogP contribution in [0.2, 0.25) is 5.02 Å². The molecule has 0 aliphatic heterocycles. The Labute approximate surface area is 136 Å². The molecular formula is C16H13BrClFO2. The molecule has 0 fully saturated rings. The number of ether oxygens (including phenoxy) is 1. The SMILES string of the molecule is Cc1cc(Br)cc(Cl)c1OCC(=O)Cc1ccc(F)cc1. The number of Topliss-reactive ketones (excluding diaryl/α,β-unsaturated/α-hetero) is 1. The van der Waals surface area contributed by atoms with Gasteiger partial charge in [-0.1, -0.05) is 39.7 Å². The minimum Gasteiger partial charge on any atom is -0.484 e. The molecule has 0 atom stereocenters. The Morgan fingerprint density at radius 2 is 1.95 bits per heavy atom. The predicted octanol–water partition coefficient (Wildman–Crippen LogP) is 4.74. The zero-order valence-corrected chi connectivity index (χ0v) is 13.7. The lowest BCUT2D eigenvalue weighted by Crippen LogP contribution is -2.14. The standard InChI is InChI=1S/C16H13BrClFO2/c1-10-6-12(17)8-15(18)16(10)21-9-14(20)7-11-2-4-13(19)5-3-11/h2-6,8H,7,9H2,1H3. The van der Waals surface area contributed by atoms with Crippen LogP contribution in [-0.4, -0.2) is 12.4 Å². The monoisotopic (exact) mass is 370 g/mol. The van der Waals surface area contributed by atoms with Gasteiger partial charge in [-0.15, -0.1) is 0 Å². The average Bonchev–Trinajstić information content (AvgIpc) is 2.40. The summed E-state index contributed by atoms with van der Waals surface area (Å²) in [4.78, 5) is 11.9. The van der Waals surface area contributed by atoms with Gasteiger partial charge in [0.15, 0.2) is 5.78 Å². The Morgan fingerprint density at radius 1 is 1.29 bits per heavy atom. The second kappa shape index (κ2) is 7.05. The largest absolute Gasteiger partial charge is 0.484 e. The van der Waals surface area contributed by atoms with Crippen molar-refractivity contribution in [2.45, 2.75) is 13.3 Å². The van der Waals surface area contributed by atoms with E-state index in [0.29, 0.717) is 10.8 Å². The van der Waals surface area contributed by atoms with Crippen LogP contribution >= 0.6 is 27.5 Å². The molecule has 2 nitrogen and oxygen atoms in total. The summed E-state index contributed by atoms with van der Waals surface area (Å²) in [5.41, 5.74) is 1.60. The molecule has 21 heavy (non-hydrogen) atoms. The number of benzene rings is 2. The Bertz CT molecular complexity index is 633. The fraction of sp³-hybridized carbons (Fsp3) is 0.188. The number of hydrogen-bond acceptors (Lipinski definition) is 2. The highest BCUT2D eigenvalue weighted by atomic mass is 79.9.